The number of likely N-dealkylation sites (tertiary alicyclic amines) is 1. The molecule has 6 rings (SSSR count). The van der Waals surface area contributed by atoms with Crippen LogP contribution in [0.4, 0.5) is 5.69 Å². The largest absolute Gasteiger partial charge is 0.362 e. The Hall–Kier alpha value is -2.04. The number of para-hydroxylation sites is 1. The number of benzene rings is 1. The van der Waals surface area contributed by atoms with E-state index in [1.54, 1.807) is 0 Å². The molecule has 5 nitrogen and oxygen atoms in total. The van der Waals surface area contributed by atoms with Crippen LogP contribution in [0.2, 0.25) is 0 Å². The van der Waals surface area contributed by atoms with Gasteiger partial charge in [0.15, 0.2) is 0 Å². The van der Waals surface area contributed by atoms with Gasteiger partial charge in [-0.3, -0.25) is 9.59 Å². The summed E-state index contributed by atoms with van der Waals surface area (Å²) in [6.07, 6.45) is 7.43. The average molecular weight is 367 g/mol. The summed E-state index contributed by atoms with van der Waals surface area (Å²) in [7, 11) is 0. The van der Waals surface area contributed by atoms with Crippen LogP contribution in [0.15, 0.2) is 24.3 Å². The molecular formula is C22H29N3O2. The number of rotatable bonds is 1. The van der Waals surface area contributed by atoms with Crippen LogP contribution in [-0.4, -0.2) is 35.0 Å². The second kappa shape index (κ2) is 6.25. The lowest BCUT2D eigenvalue weighted by atomic mass is 9.58. The fraction of sp³-hybridized carbons (Fsp3) is 0.636. The molecule has 1 aromatic rings. The number of hydrogen-bond donors (Lipinski definition) is 2. The first-order valence-electron chi connectivity index (χ1n) is 10.6. The van der Waals surface area contributed by atoms with Gasteiger partial charge in [0.1, 0.15) is 5.66 Å². The van der Waals surface area contributed by atoms with Crippen LogP contribution in [0, 0.1) is 17.8 Å². The number of carbonyl (C=O) groups excluding carboxylic acids is 2. The highest BCUT2D eigenvalue weighted by molar-refractivity contribution is 6.02. The summed E-state index contributed by atoms with van der Waals surface area (Å²) in [4.78, 5) is 28.2. The van der Waals surface area contributed by atoms with E-state index in [1.165, 1.54) is 6.42 Å². The van der Waals surface area contributed by atoms with Crippen LogP contribution in [-0.2, 0) is 4.79 Å². The van der Waals surface area contributed by atoms with E-state index in [0.29, 0.717) is 23.8 Å². The summed E-state index contributed by atoms with van der Waals surface area (Å²) in [5, 5.41) is 6.96. The maximum Gasteiger partial charge on any atom is 0.255 e. The molecule has 2 heterocycles. The molecule has 2 N–H and O–H groups in total. The Morgan fingerprint density at radius 2 is 2.00 bits per heavy atom. The predicted octanol–water partition coefficient (Wildman–Crippen LogP) is 3.38. The summed E-state index contributed by atoms with van der Waals surface area (Å²) in [5.41, 5.74) is 1.28. The van der Waals surface area contributed by atoms with Crippen LogP contribution in [0.3, 0.4) is 0 Å². The Kier molecular flexibility index (Phi) is 3.95. The summed E-state index contributed by atoms with van der Waals surface area (Å²) in [6.45, 7) is 3.11. The van der Waals surface area contributed by atoms with E-state index in [0.717, 1.165) is 56.3 Å². The van der Waals surface area contributed by atoms with E-state index in [4.69, 9.17) is 0 Å². The van der Waals surface area contributed by atoms with Crippen molar-refractivity contribution in [2.24, 2.45) is 17.8 Å². The maximum atomic E-state index is 13.3. The average Bonchev–Trinajstić information content (AvgIpc) is 2.68. The highest BCUT2D eigenvalue weighted by atomic mass is 16.2. The molecule has 3 aliphatic carbocycles. The third kappa shape index (κ3) is 2.66. The Morgan fingerprint density at radius 1 is 1.15 bits per heavy atom. The number of hydrogen-bond acceptors (Lipinski definition) is 3. The smallest absolute Gasteiger partial charge is 0.255 e. The van der Waals surface area contributed by atoms with E-state index in [2.05, 4.69) is 22.5 Å². The zero-order valence-corrected chi connectivity index (χ0v) is 16.0. The van der Waals surface area contributed by atoms with Gasteiger partial charge in [-0.2, -0.15) is 0 Å². The van der Waals surface area contributed by atoms with Gasteiger partial charge in [0.05, 0.1) is 5.56 Å². The van der Waals surface area contributed by atoms with Gasteiger partial charge < -0.3 is 15.5 Å². The molecule has 2 bridgehead atoms. The molecule has 5 atom stereocenters. The summed E-state index contributed by atoms with van der Waals surface area (Å²) < 4.78 is 0. The Morgan fingerprint density at radius 3 is 2.78 bits per heavy atom. The fourth-order valence-electron chi connectivity index (χ4n) is 6.08. The van der Waals surface area contributed by atoms with Crippen molar-refractivity contribution in [1.29, 1.82) is 0 Å². The molecule has 1 spiro atoms. The van der Waals surface area contributed by atoms with Gasteiger partial charge >= 0.3 is 0 Å². The number of amides is 2. The van der Waals surface area contributed by atoms with Gasteiger partial charge in [-0.1, -0.05) is 12.1 Å². The number of nitrogens with one attached hydrogen (secondary N) is 2. The van der Waals surface area contributed by atoms with Crippen LogP contribution >= 0.6 is 0 Å². The van der Waals surface area contributed by atoms with Crippen molar-refractivity contribution in [1.82, 2.24) is 10.2 Å². The highest BCUT2D eigenvalue weighted by Gasteiger charge is 2.55. The van der Waals surface area contributed by atoms with E-state index < -0.39 is 0 Å². The van der Waals surface area contributed by atoms with E-state index in [1.807, 2.05) is 24.3 Å². The molecular weight excluding hydrogens is 338 g/mol. The first-order valence-corrected chi connectivity index (χ1v) is 10.6. The molecule has 0 unspecified atom stereocenters. The predicted molar refractivity (Wildman–Crippen MR) is 104 cm³/mol. The lowest BCUT2D eigenvalue weighted by molar-refractivity contribution is -0.146. The van der Waals surface area contributed by atoms with Crippen LogP contribution in [0.1, 0.15) is 62.2 Å². The SMILES string of the molecule is C[C@H]1CCCCN1C(=O)[C@H]1C[C@@H]2CC[C@@H]1C[C@@]21NC(=O)c2ccccc2N1. The van der Waals surface area contributed by atoms with Crippen LogP contribution in [0.5, 0.6) is 0 Å². The molecule has 1 saturated heterocycles. The first-order chi connectivity index (χ1) is 13.1. The third-order valence-electron chi connectivity index (χ3n) is 7.54. The van der Waals surface area contributed by atoms with Gasteiger partial charge in [-0.25, -0.2) is 0 Å². The second-order valence-electron chi connectivity index (χ2n) is 9.05. The van der Waals surface area contributed by atoms with Crippen molar-refractivity contribution in [3.8, 4) is 0 Å². The minimum Gasteiger partial charge on any atom is -0.362 e. The zero-order chi connectivity index (χ0) is 18.6. The number of fused-ring (bicyclic) bond motifs is 3. The molecule has 5 aliphatic rings. The molecule has 5 heteroatoms. The fourth-order valence-corrected chi connectivity index (χ4v) is 6.08. The summed E-state index contributed by atoms with van der Waals surface area (Å²) in [5.74, 6) is 1.19. The highest BCUT2D eigenvalue weighted by Crippen LogP contribution is 2.52. The zero-order valence-electron chi connectivity index (χ0n) is 16.0. The van der Waals surface area contributed by atoms with Crippen molar-refractivity contribution in [3.63, 3.8) is 0 Å². The molecule has 0 aromatic heterocycles. The maximum absolute atomic E-state index is 13.3. The molecule has 2 aliphatic heterocycles. The molecule has 144 valence electrons. The third-order valence-corrected chi connectivity index (χ3v) is 7.54. The van der Waals surface area contributed by atoms with Gasteiger partial charge in [0.25, 0.3) is 5.91 Å². The lowest BCUT2D eigenvalue weighted by Gasteiger charge is -2.57. The topological polar surface area (TPSA) is 61.4 Å². The number of piperidine rings is 1. The molecule has 3 saturated carbocycles. The van der Waals surface area contributed by atoms with Crippen molar-refractivity contribution >= 4 is 17.5 Å². The summed E-state index contributed by atoms with van der Waals surface area (Å²) >= 11 is 0. The Labute approximate surface area is 160 Å². The summed E-state index contributed by atoms with van der Waals surface area (Å²) in [6, 6.07) is 8.12. The van der Waals surface area contributed by atoms with E-state index in [-0.39, 0.29) is 17.5 Å². The molecule has 2 amide bonds. The number of nitrogens with zero attached hydrogens (tertiary/aromatic N) is 1. The van der Waals surface area contributed by atoms with E-state index >= 15 is 0 Å². The molecule has 4 fully saturated rings. The van der Waals surface area contributed by atoms with Gasteiger partial charge in [-0.05, 0) is 69.9 Å². The van der Waals surface area contributed by atoms with Crippen molar-refractivity contribution in [2.45, 2.75) is 63.6 Å². The monoisotopic (exact) mass is 367 g/mol. The van der Waals surface area contributed by atoms with E-state index in [9.17, 15) is 9.59 Å². The van der Waals surface area contributed by atoms with Gasteiger partial charge in [-0.15, -0.1) is 0 Å². The molecule has 0 radical (unpaired) electrons. The van der Waals surface area contributed by atoms with Crippen molar-refractivity contribution < 1.29 is 9.59 Å². The molecule has 1 aromatic carbocycles. The van der Waals surface area contributed by atoms with Crippen LogP contribution in [0.25, 0.3) is 0 Å². The van der Waals surface area contributed by atoms with Crippen molar-refractivity contribution in [3.05, 3.63) is 29.8 Å². The van der Waals surface area contributed by atoms with Gasteiger partial charge in [0, 0.05) is 30.1 Å². The minimum absolute atomic E-state index is 0.0180. The first kappa shape index (κ1) is 17.1. The second-order valence-corrected chi connectivity index (χ2v) is 9.05. The normalized spacial score (nSPS) is 37.5. The molecule has 27 heavy (non-hydrogen) atoms. The number of anilines is 1. The standard InChI is InChI=1S/C22H29N3O2/c1-14-6-4-5-11-25(14)21(27)18-12-16-10-9-15(18)13-22(16)23-19-8-3-2-7-17(19)20(26)24-22/h2-3,7-8,14-16,18,23H,4-6,9-13H2,1H3,(H,24,26)/t14-,15+,16-,18-,22+/m0/s1. The lowest BCUT2D eigenvalue weighted by Crippen LogP contribution is -2.68. The van der Waals surface area contributed by atoms with Gasteiger partial charge in [0.2, 0.25) is 5.91 Å². The quantitative estimate of drug-likeness (QED) is 0.800. The van der Waals surface area contributed by atoms with Crippen LogP contribution < -0.4 is 10.6 Å². The van der Waals surface area contributed by atoms with Crippen molar-refractivity contribution in [2.75, 3.05) is 11.9 Å². The Balaban J connectivity index is 1.38. The number of carbonyl (C=O) groups is 2. The minimum atomic E-state index is -0.376. The Bertz CT molecular complexity index is 779.